The summed E-state index contributed by atoms with van der Waals surface area (Å²) in [6.07, 6.45) is 1.49. The Balaban J connectivity index is 1.80. The van der Waals surface area contributed by atoms with Crippen molar-refractivity contribution in [3.63, 3.8) is 0 Å². The van der Waals surface area contributed by atoms with E-state index in [1.807, 2.05) is 18.2 Å². The van der Waals surface area contributed by atoms with Gasteiger partial charge in [-0.3, -0.25) is 0 Å². The van der Waals surface area contributed by atoms with Crippen LogP contribution in [-0.2, 0) is 13.0 Å². The first-order valence-corrected chi connectivity index (χ1v) is 6.97. The Hall–Kier alpha value is -2.07. The molecule has 3 rings (SSSR count). The van der Waals surface area contributed by atoms with Crippen molar-refractivity contribution in [2.45, 2.75) is 19.4 Å². The first-order valence-electron chi connectivity index (χ1n) is 6.59. The lowest BCUT2D eigenvalue weighted by Crippen LogP contribution is -2.00. The van der Waals surface area contributed by atoms with Gasteiger partial charge in [-0.2, -0.15) is 0 Å². The monoisotopic (exact) mass is 305 g/mol. The van der Waals surface area contributed by atoms with E-state index >= 15 is 0 Å². The second kappa shape index (κ2) is 5.74. The van der Waals surface area contributed by atoms with Crippen LogP contribution in [0.3, 0.4) is 0 Å². The van der Waals surface area contributed by atoms with E-state index in [1.165, 1.54) is 6.07 Å². The average molecular weight is 306 g/mol. The van der Waals surface area contributed by atoms with Crippen molar-refractivity contribution in [2.24, 2.45) is 5.16 Å². The molecule has 1 aliphatic rings. The number of rotatable bonds is 3. The van der Waals surface area contributed by atoms with E-state index in [0.717, 1.165) is 28.9 Å². The van der Waals surface area contributed by atoms with E-state index in [-0.39, 0.29) is 5.02 Å². The van der Waals surface area contributed by atoms with Gasteiger partial charge in [-0.15, -0.1) is 0 Å². The first-order chi connectivity index (χ1) is 10.2. The molecule has 5 heteroatoms. The van der Waals surface area contributed by atoms with Gasteiger partial charge in [0.05, 0.1) is 10.7 Å². The van der Waals surface area contributed by atoms with Crippen molar-refractivity contribution in [1.29, 1.82) is 0 Å². The maximum atomic E-state index is 13.1. The summed E-state index contributed by atoms with van der Waals surface area (Å²) in [6.45, 7) is 0.308. The number of hydrogen-bond acceptors (Lipinski definition) is 3. The fourth-order valence-electron chi connectivity index (χ4n) is 2.50. The molecule has 0 spiro atoms. The second-order valence-electron chi connectivity index (χ2n) is 4.87. The predicted molar refractivity (Wildman–Crippen MR) is 78.8 cm³/mol. The van der Waals surface area contributed by atoms with Gasteiger partial charge in [0.1, 0.15) is 18.2 Å². The number of hydrogen-bond donors (Lipinski definition) is 1. The van der Waals surface area contributed by atoms with E-state index in [4.69, 9.17) is 21.5 Å². The summed E-state index contributed by atoms with van der Waals surface area (Å²) in [5.41, 5.74) is 3.44. The third kappa shape index (κ3) is 2.72. The van der Waals surface area contributed by atoms with Gasteiger partial charge in [-0.25, -0.2) is 4.39 Å². The summed E-state index contributed by atoms with van der Waals surface area (Å²) in [5, 5.41) is 12.4. The molecular weight excluding hydrogens is 293 g/mol. The number of ether oxygens (including phenoxy) is 1. The van der Waals surface area contributed by atoms with Gasteiger partial charge in [0.15, 0.2) is 0 Å². The number of halogens is 2. The Bertz CT molecular complexity index is 715. The van der Waals surface area contributed by atoms with Crippen LogP contribution >= 0.6 is 11.6 Å². The molecule has 0 unspecified atom stereocenters. The Morgan fingerprint density at radius 3 is 2.86 bits per heavy atom. The average Bonchev–Trinajstić information content (AvgIpc) is 2.92. The fraction of sp³-hybridized carbons (Fsp3) is 0.188. The maximum absolute atomic E-state index is 13.1. The quantitative estimate of drug-likeness (QED) is 0.682. The molecule has 0 bridgehead atoms. The molecule has 3 nitrogen and oxygen atoms in total. The lowest BCUT2D eigenvalue weighted by atomic mass is 10.1. The highest BCUT2D eigenvalue weighted by molar-refractivity contribution is 6.30. The molecule has 0 fully saturated rings. The smallest absolute Gasteiger partial charge is 0.141 e. The summed E-state index contributed by atoms with van der Waals surface area (Å²) in [4.78, 5) is 0. The van der Waals surface area contributed by atoms with Gasteiger partial charge in [0.2, 0.25) is 0 Å². The molecule has 0 saturated carbocycles. The van der Waals surface area contributed by atoms with Gasteiger partial charge in [-0.1, -0.05) is 35.0 Å². The highest BCUT2D eigenvalue weighted by atomic mass is 35.5. The van der Waals surface area contributed by atoms with Crippen LogP contribution in [0.2, 0.25) is 5.02 Å². The van der Waals surface area contributed by atoms with E-state index in [1.54, 1.807) is 12.1 Å². The number of fused-ring (bicyclic) bond motifs is 1. The molecule has 0 aliphatic heterocycles. The SMILES string of the molecule is O/N=C1/CCc2c(OCc3ccc(F)c(Cl)c3)cccc21. The molecular formula is C16H13ClFNO2. The summed E-state index contributed by atoms with van der Waals surface area (Å²) in [6, 6.07) is 10.2. The number of benzene rings is 2. The van der Waals surface area contributed by atoms with Crippen LogP contribution in [0, 0.1) is 5.82 Å². The Morgan fingerprint density at radius 1 is 1.24 bits per heavy atom. The fourth-order valence-corrected chi connectivity index (χ4v) is 2.70. The molecule has 1 N–H and O–H groups in total. The molecule has 108 valence electrons. The Labute approximate surface area is 126 Å². The zero-order valence-corrected chi connectivity index (χ0v) is 11.9. The summed E-state index contributed by atoms with van der Waals surface area (Å²) in [7, 11) is 0. The summed E-state index contributed by atoms with van der Waals surface area (Å²) in [5.74, 6) is 0.316. The van der Waals surface area contributed by atoms with Crippen molar-refractivity contribution in [1.82, 2.24) is 0 Å². The largest absolute Gasteiger partial charge is 0.489 e. The highest BCUT2D eigenvalue weighted by Crippen LogP contribution is 2.31. The van der Waals surface area contributed by atoms with Gasteiger partial charge in [0.25, 0.3) is 0 Å². The molecule has 0 saturated heterocycles. The van der Waals surface area contributed by atoms with Gasteiger partial charge < -0.3 is 9.94 Å². The van der Waals surface area contributed by atoms with Crippen LogP contribution in [0.4, 0.5) is 4.39 Å². The zero-order valence-electron chi connectivity index (χ0n) is 11.1. The van der Waals surface area contributed by atoms with Gasteiger partial charge >= 0.3 is 0 Å². The minimum Gasteiger partial charge on any atom is -0.489 e. The van der Waals surface area contributed by atoms with E-state index < -0.39 is 5.82 Å². The van der Waals surface area contributed by atoms with Crippen LogP contribution in [-0.4, -0.2) is 10.9 Å². The van der Waals surface area contributed by atoms with Crippen molar-refractivity contribution in [3.8, 4) is 5.75 Å². The summed E-state index contributed by atoms with van der Waals surface area (Å²) < 4.78 is 18.9. The highest BCUT2D eigenvalue weighted by Gasteiger charge is 2.21. The zero-order chi connectivity index (χ0) is 14.8. The molecule has 21 heavy (non-hydrogen) atoms. The number of nitrogens with zero attached hydrogens (tertiary/aromatic N) is 1. The lowest BCUT2D eigenvalue weighted by Gasteiger charge is -2.11. The summed E-state index contributed by atoms with van der Waals surface area (Å²) >= 11 is 5.75. The van der Waals surface area contributed by atoms with Crippen LogP contribution in [0.15, 0.2) is 41.6 Å². The minimum absolute atomic E-state index is 0.0871. The van der Waals surface area contributed by atoms with E-state index in [2.05, 4.69) is 5.16 Å². The van der Waals surface area contributed by atoms with Crippen molar-refractivity contribution >= 4 is 17.3 Å². The third-order valence-electron chi connectivity index (χ3n) is 3.55. The topological polar surface area (TPSA) is 41.8 Å². The van der Waals surface area contributed by atoms with Crippen molar-refractivity contribution in [2.75, 3.05) is 0 Å². The Kier molecular flexibility index (Phi) is 3.80. The van der Waals surface area contributed by atoms with Crippen LogP contribution in [0.5, 0.6) is 5.75 Å². The molecule has 2 aromatic rings. The molecule has 1 aliphatic carbocycles. The Morgan fingerprint density at radius 2 is 2.10 bits per heavy atom. The molecule has 0 heterocycles. The van der Waals surface area contributed by atoms with Crippen molar-refractivity contribution in [3.05, 3.63) is 63.9 Å². The molecule has 0 amide bonds. The predicted octanol–water partition coefficient (Wildman–Crippen LogP) is 4.18. The molecule has 0 aromatic heterocycles. The minimum atomic E-state index is -0.440. The van der Waals surface area contributed by atoms with Gasteiger partial charge in [-0.05, 0) is 36.6 Å². The van der Waals surface area contributed by atoms with E-state index in [9.17, 15) is 4.39 Å². The molecule has 0 atom stereocenters. The maximum Gasteiger partial charge on any atom is 0.141 e. The number of oxime groups is 1. The molecule has 2 aromatic carbocycles. The second-order valence-corrected chi connectivity index (χ2v) is 5.27. The molecule has 0 radical (unpaired) electrons. The van der Waals surface area contributed by atoms with Gasteiger partial charge in [0, 0.05) is 11.1 Å². The van der Waals surface area contributed by atoms with Crippen LogP contribution in [0.25, 0.3) is 0 Å². The first kappa shape index (κ1) is 13.9. The van der Waals surface area contributed by atoms with Crippen LogP contribution in [0.1, 0.15) is 23.1 Å². The van der Waals surface area contributed by atoms with Crippen molar-refractivity contribution < 1.29 is 14.3 Å². The van der Waals surface area contributed by atoms with E-state index in [0.29, 0.717) is 18.7 Å². The van der Waals surface area contributed by atoms with Crippen LogP contribution < -0.4 is 4.74 Å². The standard InChI is InChI=1S/C16H13ClFNO2/c17-13-8-10(4-6-14(13)18)9-21-16-3-1-2-11-12(16)5-7-15(11)19-20/h1-4,6,8,20H,5,7,9H2/b19-15-. The third-order valence-corrected chi connectivity index (χ3v) is 3.84. The lowest BCUT2D eigenvalue weighted by molar-refractivity contribution is 0.303. The normalized spacial score (nSPS) is 15.2.